The predicted molar refractivity (Wildman–Crippen MR) is 44.0 cm³/mol. The summed E-state index contributed by atoms with van der Waals surface area (Å²) < 4.78 is 26.1. The first-order chi connectivity index (χ1) is 6.45. The lowest BCUT2D eigenvalue weighted by molar-refractivity contribution is 0.0685. The molecule has 0 aliphatic heterocycles. The van der Waals surface area contributed by atoms with Gasteiger partial charge < -0.3 is 10.2 Å². The van der Waals surface area contributed by atoms with Gasteiger partial charge in [0.25, 0.3) is 0 Å². The Labute approximate surface area is 78.6 Å². The van der Waals surface area contributed by atoms with Crippen molar-refractivity contribution < 1.29 is 23.8 Å². The van der Waals surface area contributed by atoms with Crippen LogP contribution in [0.4, 0.5) is 8.78 Å². The molecule has 0 saturated carbocycles. The molecule has 5 heteroatoms. The van der Waals surface area contributed by atoms with E-state index >= 15 is 0 Å². The van der Waals surface area contributed by atoms with Crippen LogP contribution in [0.25, 0.3) is 0 Å². The molecule has 0 radical (unpaired) electrons. The van der Waals surface area contributed by atoms with Gasteiger partial charge in [-0.25, -0.2) is 13.6 Å². The first-order valence-corrected chi connectivity index (χ1v) is 3.84. The topological polar surface area (TPSA) is 57.5 Å². The summed E-state index contributed by atoms with van der Waals surface area (Å²) in [6.07, 6.45) is -1.17. The molecular formula is C9H8F2O3. The lowest BCUT2D eigenvalue weighted by atomic mass is 10.1. The maximum Gasteiger partial charge on any atom is 0.341 e. The molecule has 0 bridgehead atoms. The highest BCUT2D eigenvalue weighted by Crippen LogP contribution is 2.21. The lowest BCUT2D eigenvalue weighted by Gasteiger charge is -2.08. The second kappa shape index (κ2) is 3.71. The summed E-state index contributed by atoms with van der Waals surface area (Å²) in [5.74, 6) is -4.07. The van der Waals surface area contributed by atoms with Gasteiger partial charge in [-0.15, -0.1) is 0 Å². The number of halogens is 2. The summed E-state index contributed by atoms with van der Waals surface area (Å²) in [5, 5.41) is 17.5. The Kier molecular flexibility index (Phi) is 2.81. The van der Waals surface area contributed by atoms with Crippen LogP contribution in [-0.2, 0) is 0 Å². The number of carboxylic acids is 1. The zero-order valence-corrected chi connectivity index (χ0v) is 7.29. The average Bonchev–Trinajstić information content (AvgIpc) is 2.02. The summed E-state index contributed by atoms with van der Waals surface area (Å²) in [7, 11) is 0. The summed E-state index contributed by atoms with van der Waals surface area (Å²) in [6, 6.07) is 1.83. The number of carbonyl (C=O) groups is 1. The van der Waals surface area contributed by atoms with E-state index in [-0.39, 0.29) is 5.56 Å². The fourth-order valence-electron chi connectivity index (χ4n) is 1.09. The monoisotopic (exact) mass is 202 g/mol. The minimum atomic E-state index is -1.69. The number of hydrogen-bond acceptors (Lipinski definition) is 2. The Balaban J connectivity index is 3.41. The third kappa shape index (κ3) is 1.72. The van der Waals surface area contributed by atoms with E-state index in [1.54, 1.807) is 0 Å². The molecule has 3 nitrogen and oxygen atoms in total. The van der Waals surface area contributed by atoms with Crippen molar-refractivity contribution in [2.45, 2.75) is 13.0 Å². The first kappa shape index (κ1) is 10.6. The van der Waals surface area contributed by atoms with Gasteiger partial charge in [-0.2, -0.15) is 0 Å². The largest absolute Gasteiger partial charge is 0.477 e. The van der Waals surface area contributed by atoms with Crippen LogP contribution in [0.1, 0.15) is 28.9 Å². The summed E-state index contributed by atoms with van der Waals surface area (Å²) >= 11 is 0. The number of aliphatic hydroxyl groups is 1. The predicted octanol–water partition coefficient (Wildman–Crippen LogP) is 1.72. The van der Waals surface area contributed by atoms with Crippen molar-refractivity contribution in [1.29, 1.82) is 0 Å². The number of hydrogen-bond donors (Lipinski definition) is 2. The zero-order chi connectivity index (χ0) is 10.9. The number of rotatable bonds is 2. The quantitative estimate of drug-likeness (QED) is 0.767. The molecule has 0 spiro atoms. The van der Waals surface area contributed by atoms with E-state index in [4.69, 9.17) is 10.2 Å². The van der Waals surface area contributed by atoms with Crippen LogP contribution in [0.2, 0.25) is 0 Å². The van der Waals surface area contributed by atoms with E-state index in [9.17, 15) is 13.6 Å². The molecule has 14 heavy (non-hydrogen) atoms. The maximum atomic E-state index is 13.3. The van der Waals surface area contributed by atoms with Gasteiger partial charge in [-0.1, -0.05) is 6.07 Å². The van der Waals surface area contributed by atoms with Gasteiger partial charge in [0, 0.05) is 5.56 Å². The molecule has 1 atom stereocenters. The van der Waals surface area contributed by atoms with Crippen LogP contribution in [0.15, 0.2) is 12.1 Å². The Bertz CT molecular complexity index is 375. The third-order valence-electron chi connectivity index (χ3n) is 1.78. The van der Waals surface area contributed by atoms with Gasteiger partial charge in [0.2, 0.25) is 0 Å². The maximum absolute atomic E-state index is 13.3. The van der Waals surface area contributed by atoms with Crippen LogP contribution in [-0.4, -0.2) is 16.2 Å². The second-order valence-corrected chi connectivity index (χ2v) is 2.81. The SMILES string of the molecule is CC(O)c1ccc(F)c(C(=O)O)c1F. The van der Waals surface area contributed by atoms with Crippen molar-refractivity contribution in [2.75, 3.05) is 0 Å². The average molecular weight is 202 g/mol. The van der Waals surface area contributed by atoms with Crippen molar-refractivity contribution in [3.05, 3.63) is 34.9 Å². The van der Waals surface area contributed by atoms with Crippen molar-refractivity contribution >= 4 is 5.97 Å². The van der Waals surface area contributed by atoms with E-state index < -0.39 is 29.3 Å². The zero-order valence-electron chi connectivity index (χ0n) is 7.29. The second-order valence-electron chi connectivity index (χ2n) is 2.81. The van der Waals surface area contributed by atoms with Crippen molar-refractivity contribution in [1.82, 2.24) is 0 Å². The van der Waals surface area contributed by atoms with Crippen molar-refractivity contribution in [3.63, 3.8) is 0 Å². The number of carboxylic acid groups (broad SMARTS) is 1. The van der Waals surface area contributed by atoms with Gasteiger partial charge in [-0.05, 0) is 13.0 Å². The Morgan fingerprint density at radius 2 is 2.00 bits per heavy atom. The van der Waals surface area contributed by atoms with Gasteiger partial charge >= 0.3 is 5.97 Å². The smallest absolute Gasteiger partial charge is 0.341 e. The summed E-state index contributed by atoms with van der Waals surface area (Å²) in [5.41, 5.74) is -1.27. The van der Waals surface area contributed by atoms with E-state index in [1.165, 1.54) is 6.92 Å². The van der Waals surface area contributed by atoms with E-state index in [2.05, 4.69) is 0 Å². The van der Waals surface area contributed by atoms with Crippen molar-refractivity contribution in [2.24, 2.45) is 0 Å². The van der Waals surface area contributed by atoms with Gasteiger partial charge in [0.05, 0.1) is 6.10 Å². The molecular weight excluding hydrogens is 194 g/mol. The normalized spacial score (nSPS) is 12.6. The van der Waals surface area contributed by atoms with E-state index in [0.29, 0.717) is 0 Å². The van der Waals surface area contributed by atoms with Crippen LogP contribution in [0.5, 0.6) is 0 Å². The third-order valence-corrected chi connectivity index (χ3v) is 1.78. The first-order valence-electron chi connectivity index (χ1n) is 3.84. The van der Waals surface area contributed by atoms with Gasteiger partial charge in [0.15, 0.2) is 0 Å². The standard InChI is InChI=1S/C9H8F2O3/c1-4(12)5-2-3-6(10)7(8(5)11)9(13)14/h2-4,12H,1H3,(H,13,14). The van der Waals surface area contributed by atoms with Gasteiger partial charge in [-0.3, -0.25) is 0 Å². The molecule has 0 aliphatic carbocycles. The number of aromatic carboxylic acids is 1. The fourth-order valence-corrected chi connectivity index (χ4v) is 1.09. The highest BCUT2D eigenvalue weighted by molar-refractivity contribution is 5.88. The van der Waals surface area contributed by atoms with Crippen LogP contribution in [0.3, 0.4) is 0 Å². The molecule has 0 saturated heterocycles. The van der Waals surface area contributed by atoms with E-state index in [0.717, 1.165) is 12.1 Å². The van der Waals surface area contributed by atoms with Crippen LogP contribution < -0.4 is 0 Å². The van der Waals surface area contributed by atoms with E-state index in [1.807, 2.05) is 0 Å². The molecule has 0 aliphatic rings. The molecule has 0 fully saturated rings. The van der Waals surface area contributed by atoms with Crippen molar-refractivity contribution in [3.8, 4) is 0 Å². The molecule has 0 heterocycles. The molecule has 1 aromatic rings. The Hall–Kier alpha value is -1.49. The van der Waals surface area contributed by atoms with Crippen LogP contribution >= 0.6 is 0 Å². The minimum Gasteiger partial charge on any atom is -0.477 e. The molecule has 0 amide bonds. The molecule has 0 aromatic heterocycles. The number of aliphatic hydroxyl groups excluding tert-OH is 1. The molecule has 1 unspecified atom stereocenters. The molecule has 1 aromatic carbocycles. The highest BCUT2D eigenvalue weighted by atomic mass is 19.1. The molecule has 1 rings (SSSR count). The Morgan fingerprint density at radius 1 is 1.43 bits per heavy atom. The fraction of sp³-hybridized carbons (Fsp3) is 0.222. The van der Waals surface area contributed by atoms with Crippen LogP contribution in [0, 0.1) is 11.6 Å². The number of benzene rings is 1. The highest BCUT2D eigenvalue weighted by Gasteiger charge is 2.21. The molecule has 76 valence electrons. The Morgan fingerprint density at radius 3 is 2.43 bits per heavy atom. The lowest BCUT2D eigenvalue weighted by Crippen LogP contribution is -2.08. The summed E-state index contributed by atoms with van der Waals surface area (Å²) in [6.45, 7) is 1.27. The minimum absolute atomic E-state index is 0.233. The molecule has 2 N–H and O–H groups in total. The summed E-state index contributed by atoms with van der Waals surface area (Å²) in [4.78, 5) is 10.5. The van der Waals surface area contributed by atoms with Gasteiger partial charge in [0.1, 0.15) is 17.2 Å².